The number of nitrogens with zero attached hydrogens (tertiary/aromatic N) is 4. The molecule has 2 rings (SSSR count). The lowest BCUT2D eigenvalue weighted by Crippen LogP contribution is -2.09. The van der Waals surface area contributed by atoms with Crippen LogP contribution in [0.3, 0.4) is 0 Å². The number of tetrazole rings is 1. The van der Waals surface area contributed by atoms with Gasteiger partial charge in [0.05, 0.1) is 6.10 Å². The lowest BCUT2D eigenvalue weighted by atomic mass is 10.2. The number of H-pyrrole nitrogens is 1. The van der Waals surface area contributed by atoms with Crippen molar-refractivity contribution >= 4 is 11.3 Å². The van der Waals surface area contributed by atoms with Crippen molar-refractivity contribution in [3.63, 3.8) is 0 Å². The second-order valence-electron chi connectivity index (χ2n) is 4.41. The first-order valence-electron chi connectivity index (χ1n) is 6.60. The van der Waals surface area contributed by atoms with Crippen molar-refractivity contribution in [3.05, 3.63) is 36.3 Å². The van der Waals surface area contributed by atoms with Gasteiger partial charge in [0.1, 0.15) is 17.4 Å². The minimum atomic E-state index is 0.187. The molecule has 0 amide bonds. The van der Waals surface area contributed by atoms with Gasteiger partial charge >= 0.3 is 0 Å². The topological polar surface area (TPSA) is 99.5 Å². The summed E-state index contributed by atoms with van der Waals surface area (Å²) in [6.07, 6.45) is 2.68. The number of benzene rings is 1. The lowest BCUT2D eigenvalue weighted by molar-refractivity contribution is 0.217. The number of nitriles is 1. The smallest absolute Gasteiger partial charge is 0.216 e. The van der Waals surface area contributed by atoms with Gasteiger partial charge in [0.2, 0.25) is 5.82 Å². The van der Waals surface area contributed by atoms with Crippen LogP contribution in [0.2, 0.25) is 0 Å². The summed E-state index contributed by atoms with van der Waals surface area (Å²) >= 11 is 0. The Morgan fingerprint density at radius 3 is 2.81 bits per heavy atom. The monoisotopic (exact) mass is 284 g/mol. The molecular formula is C14H16N6O. The fourth-order valence-electron chi connectivity index (χ4n) is 1.52. The summed E-state index contributed by atoms with van der Waals surface area (Å²) in [4.78, 5) is 0. The molecule has 0 radical (unpaired) electrons. The first-order valence-corrected chi connectivity index (χ1v) is 6.60. The zero-order valence-electron chi connectivity index (χ0n) is 11.9. The zero-order valence-corrected chi connectivity index (χ0v) is 11.9. The molecule has 7 nitrogen and oxygen atoms in total. The molecule has 1 heterocycles. The highest BCUT2D eigenvalue weighted by molar-refractivity contribution is 5.74. The summed E-state index contributed by atoms with van der Waals surface area (Å²) in [7, 11) is 0. The number of ether oxygens (including phenoxy) is 1. The third kappa shape index (κ3) is 4.04. The second kappa shape index (κ2) is 7.05. The minimum absolute atomic E-state index is 0.187. The molecule has 2 aromatic rings. The zero-order chi connectivity index (χ0) is 15.1. The van der Waals surface area contributed by atoms with E-state index in [0.29, 0.717) is 5.57 Å². The molecule has 1 atom stereocenters. The van der Waals surface area contributed by atoms with Crippen LogP contribution in [0.15, 0.2) is 30.5 Å². The van der Waals surface area contributed by atoms with E-state index >= 15 is 0 Å². The van der Waals surface area contributed by atoms with Gasteiger partial charge in [-0.05, 0) is 42.8 Å². The first-order chi connectivity index (χ1) is 10.2. The number of anilines is 1. The molecule has 7 heteroatoms. The Morgan fingerprint density at radius 2 is 2.24 bits per heavy atom. The number of aromatic amines is 1. The highest BCUT2D eigenvalue weighted by atomic mass is 16.5. The molecule has 1 aromatic heterocycles. The van der Waals surface area contributed by atoms with Crippen LogP contribution >= 0.6 is 0 Å². The molecule has 0 spiro atoms. The third-order valence-electron chi connectivity index (χ3n) is 2.86. The van der Waals surface area contributed by atoms with E-state index in [2.05, 4.69) is 32.9 Å². The van der Waals surface area contributed by atoms with E-state index < -0.39 is 0 Å². The first kappa shape index (κ1) is 14.5. The lowest BCUT2D eigenvalue weighted by Gasteiger charge is -2.12. The van der Waals surface area contributed by atoms with E-state index in [1.807, 2.05) is 37.3 Å². The normalized spacial score (nSPS) is 12.5. The SMILES string of the molecule is CCC(C)Oc1ccc(NC=C(C#N)c2nn[nH]n2)cc1. The molecule has 0 fully saturated rings. The Kier molecular flexibility index (Phi) is 4.88. The molecular weight excluding hydrogens is 268 g/mol. The summed E-state index contributed by atoms with van der Waals surface area (Å²) in [5.41, 5.74) is 1.13. The van der Waals surface area contributed by atoms with E-state index in [-0.39, 0.29) is 11.9 Å². The van der Waals surface area contributed by atoms with E-state index in [1.165, 1.54) is 6.20 Å². The van der Waals surface area contributed by atoms with Crippen molar-refractivity contribution in [2.24, 2.45) is 0 Å². The van der Waals surface area contributed by atoms with E-state index in [4.69, 9.17) is 10.00 Å². The van der Waals surface area contributed by atoms with E-state index in [0.717, 1.165) is 17.9 Å². The number of rotatable bonds is 6. The number of nitrogens with one attached hydrogen (secondary N) is 2. The van der Waals surface area contributed by atoms with Crippen LogP contribution in [0, 0.1) is 11.3 Å². The van der Waals surface area contributed by atoms with Gasteiger partial charge in [-0.25, -0.2) is 0 Å². The summed E-state index contributed by atoms with van der Waals surface area (Å²) in [6.45, 7) is 4.10. The Hall–Kier alpha value is -2.88. The molecule has 1 unspecified atom stereocenters. The average Bonchev–Trinajstić information content (AvgIpc) is 3.03. The fourth-order valence-corrected chi connectivity index (χ4v) is 1.52. The van der Waals surface area contributed by atoms with Crippen molar-refractivity contribution in [2.45, 2.75) is 26.4 Å². The van der Waals surface area contributed by atoms with Crippen molar-refractivity contribution in [2.75, 3.05) is 5.32 Å². The maximum Gasteiger partial charge on any atom is 0.216 e. The second-order valence-corrected chi connectivity index (χ2v) is 4.41. The standard InChI is InChI=1S/C14H16N6O/c1-3-10(2)21-13-6-4-12(5-7-13)16-9-11(8-15)14-17-19-20-18-14/h4-7,9-10,16H,3H2,1-2H3,(H,17,18,19,20). The number of hydrogen-bond acceptors (Lipinski definition) is 6. The molecule has 108 valence electrons. The highest BCUT2D eigenvalue weighted by Crippen LogP contribution is 2.18. The van der Waals surface area contributed by atoms with Crippen molar-refractivity contribution in [1.82, 2.24) is 20.6 Å². The molecule has 0 saturated carbocycles. The highest BCUT2D eigenvalue weighted by Gasteiger charge is 2.05. The van der Waals surface area contributed by atoms with Gasteiger partial charge < -0.3 is 10.1 Å². The molecule has 0 saturated heterocycles. The van der Waals surface area contributed by atoms with Gasteiger partial charge in [0.25, 0.3) is 0 Å². The Labute approximate surface area is 122 Å². The predicted octanol–water partition coefficient (Wildman–Crippen LogP) is 2.35. The van der Waals surface area contributed by atoms with Crippen molar-refractivity contribution < 1.29 is 4.74 Å². The van der Waals surface area contributed by atoms with Gasteiger partial charge in [0, 0.05) is 11.9 Å². The van der Waals surface area contributed by atoms with Crippen LogP contribution in [0.5, 0.6) is 5.75 Å². The molecule has 0 aliphatic carbocycles. The quantitative estimate of drug-likeness (QED) is 0.790. The van der Waals surface area contributed by atoms with Gasteiger partial charge in [0.15, 0.2) is 0 Å². The molecule has 21 heavy (non-hydrogen) atoms. The summed E-state index contributed by atoms with van der Waals surface area (Å²) in [5.74, 6) is 1.07. The average molecular weight is 284 g/mol. The van der Waals surface area contributed by atoms with Crippen LogP contribution in [-0.4, -0.2) is 26.7 Å². The summed E-state index contributed by atoms with van der Waals surface area (Å²) in [5, 5.41) is 25.3. The molecule has 0 aliphatic rings. The van der Waals surface area contributed by atoms with E-state index in [1.54, 1.807) is 0 Å². The van der Waals surface area contributed by atoms with Crippen LogP contribution in [0.4, 0.5) is 5.69 Å². The van der Waals surface area contributed by atoms with Gasteiger partial charge in [-0.3, -0.25) is 0 Å². The number of allylic oxidation sites excluding steroid dienone is 1. The summed E-state index contributed by atoms with van der Waals surface area (Å²) in [6, 6.07) is 9.51. The van der Waals surface area contributed by atoms with Crippen molar-refractivity contribution in [1.29, 1.82) is 5.26 Å². The minimum Gasteiger partial charge on any atom is -0.491 e. The number of aromatic nitrogens is 4. The largest absolute Gasteiger partial charge is 0.491 e. The van der Waals surface area contributed by atoms with Gasteiger partial charge in [-0.2, -0.15) is 10.5 Å². The maximum absolute atomic E-state index is 9.05. The Bertz CT molecular complexity index is 626. The van der Waals surface area contributed by atoms with Gasteiger partial charge in [-0.15, -0.1) is 10.2 Å². The predicted molar refractivity (Wildman–Crippen MR) is 78.2 cm³/mol. The molecule has 2 N–H and O–H groups in total. The molecule has 1 aromatic carbocycles. The molecule has 0 aliphatic heterocycles. The third-order valence-corrected chi connectivity index (χ3v) is 2.86. The summed E-state index contributed by atoms with van der Waals surface area (Å²) < 4.78 is 5.70. The Balaban J connectivity index is 2.02. The van der Waals surface area contributed by atoms with Crippen LogP contribution in [0.1, 0.15) is 26.1 Å². The molecule has 0 bridgehead atoms. The maximum atomic E-state index is 9.05. The van der Waals surface area contributed by atoms with E-state index in [9.17, 15) is 0 Å². The van der Waals surface area contributed by atoms with Crippen molar-refractivity contribution in [3.8, 4) is 11.8 Å². The van der Waals surface area contributed by atoms with Crippen LogP contribution in [-0.2, 0) is 0 Å². The van der Waals surface area contributed by atoms with Crippen LogP contribution < -0.4 is 10.1 Å². The Morgan fingerprint density at radius 1 is 1.48 bits per heavy atom. The number of hydrogen-bond donors (Lipinski definition) is 2. The van der Waals surface area contributed by atoms with Crippen LogP contribution in [0.25, 0.3) is 5.57 Å². The van der Waals surface area contributed by atoms with Gasteiger partial charge in [-0.1, -0.05) is 6.92 Å². The fraction of sp³-hybridized carbons (Fsp3) is 0.286.